The molecule has 0 bridgehead atoms. The number of halogens is 1. The van der Waals surface area contributed by atoms with Gasteiger partial charge in [-0.3, -0.25) is 9.89 Å². The molecule has 1 amide bonds. The number of H-pyrrole nitrogens is 1. The molecule has 0 fully saturated rings. The molecule has 0 saturated carbocycles. The molecule has 0 spiro atoms. The average molecular weight is 506 g/mol. The molecule has 2 aromatic carbocycles. The minimum absolute atomic E-state index is 0.0707. The Morgan fingerprint density at radius 2 is 1.94 bits per heavy atom. The van der Waals surface area contributed by atoms with E-state index >= 15 is 0 Å². The number of fused-ring (bicyclic) bond motifs is 1. The highest BCUT2D eigenvalue weighted by molar-refractivity contribution is 6.30. The summed E-state index contributed by atoms with van der Waals surface area (Å²) in [5.41, 5.74) is 3.93. The number of carbonyl (C=O) groups is 1. The first kappa shape index (κ1) is 23.9. The van der Waals surface area contributed by atoms with Crippen LogP contribution < -0.4 is 9.47 Å². The van der Waals surface area contributed by atoms with Gasteiger partial charge in [0, 0.05) is 41.6 Å². The molecule has 3 heterocycles. The third-order valence-electron chi connectivity index (χ3n) is 6.32. The van der Waals surface area contributed by atoms with Gasteiger partial charge in [-0.15, -0.1) is 0 Å². The molecular weight excluding hydrogens is 478 g/mol. The van der Waals surface area contributed by atoms with Gasteiger partial charge in [-0.2, -0.15) is 5.10 Å². The van der Waals surface area contributed by atoms with Crippen LogP contribution in [0.25, 0.3) is 11.3 Å². The van der Waals surface area contributed by atoms with E-state index < -0.39 is 0 Å². The Labute approximate surface area is 214 Å². The third kappa shape index (κ3) is 4.56. The van der Waals surface area contributed by atoms with Gasteiger partial charge in [-0.1, -0.05) is 36.7 Å². The summed E-state index contributed by atoms with van der Waals surface area (Å²) < 4.78 is 13.5. The van der Waals surface area contributed by atoms with Crippen molar-refractivity contribution < 1.29 is 14.3 Å². The highest BCUT2D eigenvalue weighted by Gasteiger charge is 2.42. The SMILES string of the molecule is CCCOc1ccc(C2c3c(-c4ccc(Cl)cc4)n[nH]c3C(=O)N2CCCn2ccnc2)cc1OC. The molecule has 0 aliphatic carbocycles. The zero-order valence-corrected chi connectivity index (χ0v) is 21.0. The Hall–Kier alpha value is -3.78. The molecule has 1 unspecified atom stereocenters. The van der Waals surface area contributed by atoms with E-state index in [9.17, 15) is 4.79 Å². The van der Waals surface area contributed by atoms with Crippen LogP contribution in [0.2, 0.25) is 5.02 Å². The molecule has 9 heteroatoms. The van der Waals surface area contributed by atoms with E-state index in [1.807, 2.05) is 58.1 Å². The number of nitrogens with zero attached hydrogens (tertiary/aromatic N) is 4. The van der Waals surface area contributed by atoms with Crippen molar-refractivity contribution in [3.05, 3.63) is 83.0 Å². The molecule has 2 aromatic heterocycles. The second-order valence-corrected chi connectivity index (χ2v) is 9.12. The van der Waals surface area contributed by atoms with Crippen LogP contribution >= 0.6 is 11.6 Å². The van der Waals surface area contributed by atoms with Gasteiger partial charge in [0.25, 0.3) is 5.91 Å². The van der Waals surface area contributed by atoms with E-state index in [4.69, 9.17) is 21.1 Å². The lowest BCUT2D eigenvalue weighted by Gasteiger charge is -2.27. The molecule has 1 N–H and O–H groups in total. The Morgan fingerprint density at radius 3 is 2.67 bits per heavy atom. The Morgan fingerprint density at radius 1 is 1.11 bits per heavy atom. The van der Waals surface area contributed by atoms with E-state index in [2.05, 4.69) is 22.1 Å². The summed E-state index contributed by atoms with van der Waals surface area (Å²) in [6, 6.07) is 13.0. The Bertz CT molecular complexity index is 1330. The van der Waals surface area contributed by atoms with Crippen molar-refractivity contribution in [3.63, 3.8) is 0 Å². The monoisotopic (exact) mass is 505 g/mol. The van der Waals surface area contributed by atoms with Gasteiger partial charge in [0.1, 0.15) is 5.69 Å². The molecule has 0 saturated heterocycles. The number of benzene rings is 2. The fraction of sp³-hybridized carbons (Fsp3) is 0.296. The summed E-state index contributed by atoms with van der Waals surface area (Å²) in [6.07, 6.45) is 7.15. The van der Waals surface area contributed by atoms with Crippen LogP contribution in [0.15, 0.2) is 61.2 Å². The van der Waals surface area contributed by atoms with Crippen LogP contribution in [0.1, 0.15) is 47.4 Å². The molecule has 1 aliphatic rings. The molecule has 5 rings (SSSR count). The standard InChI is InChI=1S/C27H28ClN5O3/c1-3-15-36-21-10-7-19(16-22(21)35-2)26-23-24(18-5-8-20(28)9-6-18)30-31-25(23)27(34)33(26)13-4-12-32-14-11-29-17-32/h5-11,14,16-17,26H,3-4,12-13,15H2,1-2H3,(H,30,31). The molecular formula is C27H28ClN5O3. The summed E-state index contributed by atoms with van der Waals surface area (Å²) in [5, 5.41) is 8.19. The summed E-state index contributed by atoms with van der Waals surface area (Å²) in [5.74, 6) is 1.25. The predicted molar refractivity (Wildman–Crippen MR) is 138 cm³/mol. The molecule has 1 aliphatic heterocycles. The minimum Gasteiger partial charge on any atom is -0.493 e. The smallest absolute Gasteiger partial charge is 0.273 e. The summed E-state index contributed by atoms with van der Waals surface area (Å²) >= 11 is 6.12. The minimum atomic E-state index is -0.325. The summed E-state index contributed by atoms with van der Waals surface area (Å²) in [7, 11) is 1.63. The van der Waals surface area contributed by atoms with Gasteiger partial charge in [-0.25, -0.2) is 4.98 Å². The van der Waals surface area contributed by atoms with Crippen LogP contribution in [0.4, 0.5) is 0 Å². The lowest BCUT2D eigenvalue weighted by atomic mass is 9.95. The average Bonchev–Trinajstić information content (AvgIpc) is 3.62. The highest BCUT2D eigenvalue weighted by atomic mass is 35.5. The number of aromatic amines is 1. The van der Waals surface area contributed by atoms with Crippen LogP contribution in [0.3, 0.4) is 0 Å². The first-order valence-corrected chi connectivity index (χ1v) is 12.4. The lowest BCUT2D eigenvalue weighted by molar-refractivity contribution is 0.0739. The van der Waals surface area contributed by atoms with E-state index in [0.29, 0.717) is 35.4 Å². The normalized spacial score (nSPS) is 14.8. The second-order valence-electron chi connectivity index (χ2n) is 8.68. The van der Waals surface area contributed by atoms with Crippen LogP contribution in [0.5, 0.6) is 11.5 Å². The van der Waals surface area contributed by atoms with E-state index in [-0.39, 0.29) is 11.9 Å². The number of aryl methyl sites for hydroxylation is 1. The maximum atomic E-state index is 13.6. The van der Waals surface area contributed by atoms with Gasteiger partial charge in [-0.05, 0) is 42.7 Å². The first-order valence-electron chi connectivity index (χ1n) is 12.0. The predicted octanol–water partition coefficient (Wildman–Crippen LogP) is 5.36. The number of nitrogens with one attached hydrogen (secondary N) is 1. The topological polar surface area (TPSA) is 85.3 Å². The zero-order chi connectivity index (χ0) is 25.1. The summed E-state index contributed by atoms with van der Waals surface area (Å²) in [6.45, 7) is 4.00. The molecule has 36 heavy (non-hydrogen) atoms. The van der Waals surface area contributed by atoms with Crippen molar-refractivity contribution in [1.82, 2.24) is 24.6 Å². The number of aromatic nitrogens is 4. The number of amides is 1. The van der Waals surface area contributed by atoms with E-state index in [1.54, 1.807) is 19.6 Å². The van der Waals surface area contributed by atoms with Crippen LogP contribution in [-0.2, 0) is 6.54 Å². The number of methoxy groups -OCH3 is 1. The van der Waals surface area contributed by atoms with Gasteiger partial charge in [0.2, 0.25) is 0 Å². The third-order valence-corrected chi connectivity index (χ3v) is 6.57. The molecule has 4 aromatic rings. The number of ether oxygens (including phenoxy) is 2. The molecule has 8 nitrogen and oxygen atoms in total. The fourth-order valence-corrected chi connectivity index (χ4v) is 4.76. The number of rotatable bonds is 10. The van der Waals surface area contributed by atoms with Gasteiger partial charge >= 0.3 is 0 Å². The van der Waals surface area contributed by atoms with Crippen molar-refractivity contribution in [2.75, 3.05) is 20.3 Å². The van der Waals surface area contributed by atoms with E-state index in [1.165, 1.54) is 0 Å². The maximum Gasteiger partial charge on any atom is 0.273 e. The largest absolute Gasteiger partial charge is 0.493 e. The molecule has 1 atom stereocenters. The Balaban J connectivity index is 1.54. The van der Waals surface area contributed by atoms with Crippen molar-refractivity contribution in [2.45, 2.75) is 32.4 Å². The van der Waals surface area contributed by atoms with Crippen LogP contribution in [0, 0.1) is 0 Å². The van der Waals surface area contributed by atoms with Crippen molar-refractivity contribution >= 4 is 17.5 Å². The van der Waals surface area contributed by atoms with Crippen molar-refractivity contribution in [1.29, 1.82) is 0 Å². The number of hydrogen-bond donors (Lipinski definition) is 1. The zero-order valence-electron chi connectivity index (χ0n) is 20.3. The number of imidazole rings is 1. The van der Waals surface area contributed by atoms with Crippen LogP contribution in [-0.4, -0.2) is 50.8 Å². The highest BCUT2D eigenvalue weighted by Crippen LogP contribution is 2.44. The second kappa shape index (κ2) is 10.5. The molecule has 0 radical (unpaired) electrons. The quantitative estimate of drug-likeness (QED) is 0.313. The number of carbonyl (C=O) groups excluding carboxylic acids is 1. The maximum absolute atomic E-state index is 13.6. The first-order chi connectivity index (χ1) is 17.6. The van der Waals surface area contributed by atoms with Crippen molar-refractivity contribution in [3.8, 4) is 22.8 Å². The van der Waals surface area contributed by atoms with E-state index in [0.717, 1.165) is 41.8 Å². The van der Waals surface area contributed by atoms with Gasteiger partial charge in [0.15, 0.2) is 11.5 Å². The van der Waals surface area contributed by atoms with Gasteiger partial charge < -0.3 is 18.9 Å². The van der Waals surface area contributed by atoms with Crippen molar-refractivity contribution in [2.24, 2.45) is 0 Å². The summed E-state index contributed by atoms with van der Waals surface area (Å²) in [4.78, 5) is 19.6. The number of hydrogen-bond acceptors (Lipinski definition) is 5. The molecule has 186 valence electrons. The Kier molecular flexibility index (Phi) is 6.95. The van der Waals surface area contributed by atoms with Gasteiger partial charge in [0.05, 0.1) is 31.8 Å². The fourth-order valence-electron chi connectivity index (χ4n) is 4.63. The lowest BCUT2D eigenvalue weighted by Crippen LogP contribution is -2.31.